The summed E-state index contributed by atoms with van der Waals surface area (Å²) in [5.41, 5.74) is -0.982. The Hall–Kier alpha value is -0.740. The third kappa shape index (κ3) is 7.94. The minimum absolute atomic E-state index is 0.0425. The van der Waals surface area contributed by atoms with Gasteiger partial charge in [0.25, 0.3) is 0 Å². The molecule has 0 aliphatic heterocycles. The average molecular weight is 397 g/mol. The van der Waals surface area contributed by atoms with E-state index in [0.29, 0.717) is 38.5 Å². The number of hydrogen-bond acceptors (Lipinski definition) is 4. The van der Waals surface area contributed by atoms with Gasteiger partial charge in [0.15, 0.2) is 0 Å². The van der Waals surface area contributed by atoms with Crippen LogP contribution < -0.4 is 0 Å². The van der Waals surface area contributed by atoms with E-state index in [1.807, 2.05) is 27.7 Å². The summed E-state index contributed by atoms with van der Waals surface area (Å²) in [6.07, 6.45) is 4.12. The smallest absolute Gasteiger partial charge is 0.144 e. The molecule has 1 rings (SSSR count). The Morgan fingerprint density at radius 1 is 0.964 bits per heavy atom. The van der Waals surface area contributed by atoms with Gasteiger partial charge in [0.2, 0.25) is 0 Å². The predicted octanol–water partition coefficient (Wildman–Crippen LogP) is 5.09. The van der Waals surface area contributed by atoms with Crippen molar-refractivity contribution >= 4 is 11.6 Å². The van der Waals surface area contributed by atoms with Crippen LogP contribution in [0.3, 0.4) is 0 Å². The SMILES string of the molecule is CC(C)(C)CC1CCCC(O)C(O)CCCC(C)(C(=O)C(C)(C)C)CCC1=O. The molecule has 0 heterocycles. The summed E-state index contributed by atoms with van der Waals surface area (Å²) < 4.78 is 0. The van der Waals surface area contributed by atoms with E-state index in [4.69, 9.17) is 0 Å². The minimum atomic E-state index is -0.758. The van der Waals surface area contributed by atoms with Gasteiger partial charge in [0.05, 0.1) is 12.2 Å². The molecule has 28 heavy (non-hydrogen) atoms. The van der Waals surface area contributed by atoms with Crippen LogP contribution in [0.1, 0.15) is 106 Å². The topological polar surface area (TPSA) is 74.6 Å². The second-order valence-corrected chi connectivity index (χ2v) is 11.5. The van der Waals surface area contributed by atoms with Crippen molar-refractivity contribution < 1.29 is 19.8 Å². The maximum absolute atomic E-state index is 13.2. The molecule has 4 atom stereocenters. The molecular weight excluding hydrogens is 352 g/mol. The van der Waals surface area contributed by atoms with Gasteiger partial charge in [-0.05, 0) is 50.4 Å². The number of carbonyl (C=O) groups is 2. The first-order valence-corrected chi connectivity index (χ1v) is 11.1. The van der Waals surface area contributed by atoms with Crippen LogP contribution in [-0.2, 0) is 9.59 Å². The summed E-state index contributed by atoms with van der Waals surface area (Å²) in [4.78, 5) is 26.2. The van der Waals surface area contributed by atoms with E-state index in [9.17, 15) is 19.8 Å². The zero-order chi connectivity index (χ0) is 21.8. The van der Waals surface area contributed by atoms with Crippen molar-refractivity contribution in [1.82, 2.24) is 0 Å². The third-order valence-corrected chi connectivity index (χ3v) is 6.19. The van der Waals surface area contributed by atoms with Crippen molar-refractivity contribution in [1.29, 1.82) is 0 Å². The van der Waals surface area contributed by atoms with Crippen molar-refractivity contribution in [3.05, 3.63) is 0 Å². The van der Waals surface area contributed by atoms with Gasteiger partial charge >= 0.3 is 0 Å². The molecule has 0 radical (unpaired) electrons. The van der Waals surface area contributed by atoms with Gasteiger partial charge in [-0.25, -0.2) is 0 Å². The Kier molecular flexibility index (Phi) is 8.89. The van der Waals surface area contributed by atoms with Crippen LogP contribution in [0.5, 0.6) is 0 Å². The first-order chi connectivity index (χ1) is 12.7. The molecule has 0 aromatic carbocycles. The number of aliphatic hydroxyl groups excluding tert-OH is 2. The van der Waals surface area contributed by atoms with Gasteiger partial charge < -0.3 is 10.2 Å². The molecule has 0 aromatic heterocycles. The Balaban J connectivity index is 3.08. The van der Waals surface area contributed by atoms with Crippen LogP contribution in [0.2, 0.25) is 0 Å². The molecule has 0 aromatic rings. The molecule has 0 amide bonds. The van der Waals surface area contributed by atoms with E-state index in [1.54, 1.807) is 0 Å². The predicted molar refractivity (Wildman–Crippen MR) is 114 cm³/mol. The van der Waals surface area contributed by atoms with Gasteiger partial charge in [-0.2, -0.15) is 0 Å². The fourth-order valence-electron chi connectivity index (χ4n) is 4.64. The van der Waals surface area contributed by atoms with Crippen LogP contribution in [0.15, 0.2) is 0 Å². The summed E-state index contributed by atoms with van der Waals surface area (Å²) in [6.45, 7) is 14.2. The monoisotopic (exact) mass is 396 g/mol. The van der Waals surface area contributed by atoms with Gasteiger partial charge in [0.1, 0.15) is 11.6 Å². The summed E-state index contributed by atoms with van der Waals surface area (Å²) in [6, 6.07) is 0. The van der Waals surface area contributed by atoms with E-state index in [1.165, 1.54) is 0 Å². The highest BCUT2D eigenvalue weighted by Gasteiger charge is 2.40. The molecular formula is C24H44O4. The molecule has 1 aliphatic carbocycles. The highest BCUT2D eigenvalue weighted by Crippen LogP contribution is 2.39. The molecule has 0 bridgehead atoms. The quantitative estimate of drug-likeness (QED) is 0.682. The second-order valence-electron chi connectivity index (χ2n) is 11.5. The first-order valence-electron chi connectivity index (χ1n) is 11.1. The van der Waals surface area contributed by atoms with E-state index in [0.717, 1.165) is 19.3 Å². The lowest BCUT2D eigenvalue weighted by Gasteiger charge is -2.35. The Labute approximate surface area is 172 Å². The number of rotatable bonds is 2. The van der Waals surface area contributed by atoms with Crippen LogP contribution in [0.4, 0.5) is 0 Å². The average Bonchev–Trinajstić information content (AvgIpc) is 2.55. The molecule has 1 fully saturated rings. The van der Waals surface area contributed by atoms with Gasteiger partial charge in [-0.3, -0.25) is 9.59 Å². The maximum Gasteiger partial charge on any atom is 0.144 e. The largest absolute Gasteiger partial charge is 0.390 e. The molecule has 0 saturated heterocycles. The van der Waals surface area contributed by atoms with E-state index >= 15 is 0 Å². The fraction of sp³-hybridized carbons (Fsp3) is 0.917. The molecule has 0 spiro atoms. The van der Waals surface area contributed by atoms with Crippen molar-refractivity contribution in [3.63, 3.8) is 0 Å². The van der Waals surface area contributed by atoms with Crippen molar-refractivity contribution in [2.75, 3.05) is 0 Å². The van der Waals surface area contributed by atoms with Crippen LogP contribution in [-0.4, -0.2) is 34.0 Å². The minimum Gasteiger partial charge on any atom is -0.390 e. The van der Waals surface area contributed by atoms with Crippen LogP contribution in [0.25, 0.3) is 0 Å². The Morgan fingerprint density at radius 3 is 2.00 bits per heavy atom. The third-order valence-electron chi connectivity index (χ3n) is 6.19. The summed E-state index contributed by atoms with van der Waals surface area (Å²) in [5, 5.41) is 20.6. The molecule has 4 nitrogen and oxygen atoms in total. The molecule has 1 aliphatic rings. The highest BCUT2D eigenvalue weighted by molar-refractivity contribution is 5.90. The molecule has 1 saturated carbocycles. The lowest BCUT2D eigenvalue weighted by atomic mass is 9.67. The summed E-state index contributed by atoms with van der Waals surface area (Å²) in [7, 11) is 0. The number of carbonyl (C=O) groups excluding carboxylic acids is 2. The highest BCUT2D eigenvalue weighted by atomic mass is 16.3. The number of hydrogen-bond donors (Lipinski definition) is 2. The Morgan fingerprint density at radius 2 is 1.50 bits per heavy atom. The Bertz CT molecular complexity index is 526. The van der Waals surface area contributed by atoms with Crippen LogP contribution >= 0.6 is 0 Å². The van der Waals surface area contributed by atoms with Gasteiger partial charge in [0, 0.05) is 23.2 Å². The zero-order valence-corrected chi connectivity index (χ0v) is 19.3. The van der Waals surface area contributed by atoms with Crippen molar-refractivity contribution in [2.24, 2.45) is 22.2 Å². The number of ketones is 2. The van der Waals surface area contributed by atoms with Gasteiger partial charge in [-0.15, -0.1) is 0 Å². The molecule has 2 N–H and O–H groups in total. The van der Waals surface area contributed by atoms with E-state index in [2.05, 4.69) is 20.8 Å². The van der Waals surface area contributed by atoms with E-state index in [-0.39, 0.29) is 22.9 Å². The second kappa shape index (κ2) is 9.84. The molecule has 4 heteroatoms. The van der Waals surface area contributed by atoms with Crippen molar-refractivity contribution in [2.45, 2.75) is 118 Å². The van der Waals surface area contributed by atoms with Crippen molar-refractivity contribution in [3.8, 4) is 0 Å². The zero-order valence-electron chi connectivity index (χ0n) is 19.3. The normalized spacial score (nSPS) is 32.2. The summed E-state index contributed by atoms with van der Waals surface area (Å²) >= 11 is 0. The number of Topliss-reactive ketones (excluding diaryl/α,β-unsaturated/α-hetero) is 2. The fourth-order valence-corrected chi connectivity index (χ4v) is 4.64. The van der Waals surface area contributed by atoms with Crippen LogP contribution in [0, 0.1) is 22.2 Å². The molecule has 164 valence electrons. The standard InChI is InChI=1S/C24H44O4/c1-22(2,3)16-17-10-8-11-19(26)20(27)12-9-14-24(7,15-13-18(17)25)21(28)23(4,5)6/h17,19-20,26-27H,8-16H2,1-7H3. The lowest BCUT2D eigenvalue weighted by Crippen LogP contribution is -2.38. The van der Waals surface area contributed by atoms with E-state index < -0.39 is 23.0 Å². The first kappa shape index (κ1) is 25.3. The van der Waals surface area contributed by atoms with Gasteiger partial charge in [-0.1, -0.05) is 54.9 Å². The molecule has 4 unspecified atom stereocenters. The summed E-state index contributed by atoms with van der Waals surface area (Å²) in [5.74, 6) is 0.390. The lowest BCUT2D eigenvalue weighted by molar-refractivity contribution is -0.137. The maximum atomic E-state index is 13.2. The number of aliphatic hydroxyl groups is 2.